The van der Waals surface area contributed by atoms with E-state index in [9.17, 15) is 4.79 Å². The number of carbonyl (C=O) groups is 1. The highest BCUT2D eigenvalue weighted by Gasteiger charge is 2.27. The molecule has 2 aromatic rings. The minimum atomic E-state index is -0.190. The fraction of sp³-hybridized carbons (Fsp3) is 0.480. The Morgan fingerprint density at radius 2 is 1.88 bits per heavy atom. The van der Waals surface area contributed by atoms with Crippen molar-refractivity contribution >= 4 is 41.7 Å². The van der Waals surface area contributed by atoms with Crippen molar-refractivity contribution in [1.29, 1.82) is 0 Å². The van der Waals surface area contributed by atoms with E-state index in [0.717, 1.165) is 69.3 Å². The Kier molecular flexibility index (Phi) is 9.34. The van der Waals surface area contributed by atoms with Gasteiger partial charge in [0, 0.05) is 56.3 Å². The summed E-state index contributed by atoms with van der Waals surface area (Å²) in [6.07, 6.45) is 4.54. The van der Waals surface area contributed by atoms with Gasteiger partial charge in [-0.05, 0) is 37.8 Å². The van der Waals surface area contributed by atoms with E-state index in [1.807, 2.05) is 12.3 Å². The number of hydrogen-bond donors (Lipinski definition) is 2. The average Bonchev–Trinajstić information content (AvgIpc) is 3.33. The van der Waals surface area contributed by atoms with Crippen molar-refractivity contribution in [3.8, 4) is 0 Å². The largest absolute Gasteiger partial charge is 0.369 e. The van der Waals surface area contributed by atoms with Crippen molar-refractivity contribution in [2.45, 2.75) is 38.6 Å². The first kappa shape index (κ1) is 25.3. The lowest BCUT2D eigenvalue weighted by molar-refractivity contribution is -0.122. The van der Waals surface area contributed by atoms with Crippen molar-refractivity contribution in [1.82, 2.24) is 15.2 Å². The van der Waals surface area contributed by atoms with Crippen molar-refractivity contribution in [3.05, 3.63) is 59.8 Å². The zero-order valence-corrected chi connectivity index (χ0v) is 21.7. The fourth-order valence-electron chi connectivity index (χ4n) is 4.75. The first-order chi connectivity index (χ1) is 15.7. The summed E-state index contributed by atoms with van der Waals surface area (Å²) in [6.45, 7) is 7.11. The molecule has 4 rings (SSSR count). The highest BCUT2D eigenvalue weighted by molar-refractivity contribution is 14.0. The molecular formula is C25H35IN6O. The second-order valence-corrected chi connectivity index (χ2v) is 8.66. The number of aromatic nitrogens is 1. The number of rotatable bonds is 6. The maximum atomic E-state index is 11.5. The molecule has 2 saturated heterocycles. The predicted octanol–water partition coefficient (Wildman–Crippen LogP) is 3.36. The molecule has 8 heteroatoms. The van der Waals surface area contributed by atoms with E-state index in [1.54, 1.807) is 0 Å². The molecule has 3 heterocycles. The van der Waals surface area contributed by atoms with E-state index in [4.69, 9.17) is 10.7 Å². The summed E-state index contributed by atoms with van der Waals surface area (Å²) >= 11 is 0. The van der Waals surface area contributed by atoms with Gasteiger partial charge in [0.1, 0.15) is 5.82 Å². The number of guanidine groups is 1. The molecule has 2 aliphatic heterocycles. The van der Waals surface area contributed by atoms with E-state index < -0.39 is 0 Å². The quantitative estimate of drug-likeness (QED) is 0.321. The van der Waals surface area contributed by atoms with Crippen LogP contribution in [0.2, 0.25) is 0 Å². The maximum Gasteiger partial charge on any atom is 0.220 e. The smallest absolute Gasteiger partial charge is 0.220 e. The average molecular weight is 563 g/mol. The van der Waals surface area contributed by atoms with E-state index in [-0.39, 0.29) is 35.8 Å². The normalized spacial score (nSPS) is 19.3. The monoisotopic (exact) mass is 562 g/mol. The Hall–Kier alpha value is -2.36. The molecule has 0 radical (unpaired) electrons. The van der Waals surface area contributed by atoms with Crippen molar-refractivity contribution in [3.63, 3.8) is 0 Å². The molecule has 0 spiro atoms. The Bertz CT molecular complexity index is 930. The third kappa shape index (κ3) is 6.37. The molecule has 1 aromatic heterocycles. The van der Waals surface area contributed by atoms with Gasteiger partial charge in [0.25, 0.3) is 0 Å². The first-order valence-electron chi connectivity index (χ1n) is 11.7. The topological polar surface area (TPSA) is 86.9 Å². The predicted molar refractivity (Wildman–Crippen MR) is 144 cm³/mol. The molecule has 1 atom stereocenters. The van der Waals surface area contributed by atoms with Crippen LogP contribution in [0.4, 0.5) is 5.82 Å². The number of pyridine rings is 1. The summed E-state index contributed by atoms with van der Waals surface area (Å²) in [6, 6.07) is 14.8. The number of likely N-dealkylation sites (tertiary alicyclic amines) is 1. The molecular weight excluding hydrogens is 527 g/mol. The number of nitrogens with two attached hydrogens (primary N) is 1. The van der Waals surface area contributed by atoms with Crippen molar-refractivity contribution < 1.29 is 4.79 Å². The lowest BCUT2D eigenvalue weighted by Crippen LogP contribution is -2.40. The van der Waals surface area contributed by atoms with Gasteiger partial charge in [-0.25, -0.2) is 9.98 Å². The number of carbonyl (C=O) groups excluding carboxylic acids is 1. The number of nitrogens with one attached hydrogen (secondary N) is 1. The zero-order valence-electron chi connectivity index (χ0n) is 19.3. The molecule has 178 valence electrons. The van der Waals surface area contributed by atoms with Gasteiger partial charge >= 0.3 is 0 Å². The summed E-state index contributed by atoms with van der Waals surface area (Å²) < 4.78 is 0. The van der Waals surface area contributed by atoms with Gasteiger partial charge in [-0.3, -0.25) is 4.79 Å². The Labute approximate surface area is 213 Å². The zero-order chi connectivity index (χ0) is 22.3. The molecule has 2 aliphatic rings. The molecule has 1 amide bonds. The molecule has 0 aliphatic carbocycles. The van der Waals surface area contributed by atoms with Gasteiger partial charge in [0.05, 0.1) is 6.54 Å². The van der Waals surface area contributed by atoms with Gasteiger partial charge in [-0.1, -0.05) is 36.4 Å². The van der Waals surface area contributed by atoms with Gasteiger partial charge in [-0.2, -0.15) is 0 Å². The molecule has 0 bridgehead atoms. The van der Waals surface area contributed by atoms with Gasteiger partial charge < -0.3 is 20.9 Å². The minimum absolute atomic E-state index is 0. The number of halogens is 1. The second kappa shape index (κ2) is 12.2. The van der Waals surface area contributed by atoms with Gasteiger partial charge in [-0.15, -0.1) is 24.0 Å². The number of anilines is 1. The highest BCUT2D eigenvalue weighted by Crippen LogP contribution is 2.28. The number of primary amides is 1. The van der Waals surface area contributed by atoms with Crippen LogP contribution >= 0.6 is 24.0 Å². The molecule has 33 heavy (non-hydrogen) atoms. The number of benzene rings is 1. The summed E-state index contributed by atoms with van der Waals surface area (Å²) in [5, 5.41) is 3.47. The SMILES string of the molecule is CCNC(=NCc1cccnc1N1CCC(C(N)=O)CC1)N1CCC(c2ccccc2)C1.I. The molecule has 3 N–H and O–H groups in total. The highest BCUT2D eigenvalue weighted by atomic mass is 127. The van der Waals surface area contributed by atoms with E-state index in [1.165, 1.54) is 5.56 Å². The van der Waals surface area contributed by atoms with Crippen LogP contribution in [0, 0.1) is 5.92 Å². The van der Waals surface area contributed by atoms with E-state index >= 15 is 0 Å². The third-order valence-electron chi connectivity index (χ3n) is 6.56. The minimum Gasteiger partial charge on any atom is -0.369 e. The summed E-state index contributed by atoms with van der Waals surface area (Å²) in [5.41, 5.74) is 8.01. The maximum absolute atomic E-state index is 11.5. The van der Waals surface area contributed by atoms with Crippen molar-refractivity contribution in [2.75, 3.05) is 37.6 Å². The Morgan fingerprint density at radius 3 is 2.58 bits per heavy atom. The third-order valence-corrected chi connectivity index (χ3v) is 6.56. The standard InChI is InChI=1S/C25H34N6O.HI/c1-2-27-25(31-16-12-22(18-31)19-7-4-3-5-8-19)29-17-21-9-6-13-28-24(21)30-14-10-20(11-15-30)23(26)32;/h3-9,13,20,22H,2,10-12,14-18H2,1H3,(H2,26,32)(H,27,29);1H. The fourth-order valence-corrected chi connectivity index (χ4v) is 4.75. The molecule has 7 nitrogen and oxygen atoms in total. The number of amides is 1. The van der Waals surface area contributed by atoms with Crippen LogP contribution in [0.25, 0.3) is 0 Å². The lowest BCUT2D eigenvalue weighted by Gasteiger charge is -2.32. The van der Waals surface area contributed by atoms with Crippen LogP contribution in [0.5, 0.6) is 0 Å². The van der Waals surface area contributed by atoms with Crippen molar-refractivity contribution in [2.24, 2.45) is 16.6 Å². The number of hydrogen-bond acceptors (Lipinski definition) is 4. The van der Waals surface area contributed by atoms with Crippen LogP contribution in [-0.4, -0.2) is 54.5 Å². The number of piperidine rings is 1. The van der Waals surface area contributed by atoms with Gasteiger partial charge in [0.15, 0.2) is 5.96 Å². The number of nitrogens with zero attached hydrogens (tertiary/aromatic N) is 4. The summed E-state index contributed by atoms with van der Waals surface area (Å²) in [5.74, 6) is 2.27. The molecule has 1 aromatic carbocycles. The number of aliphatic imine (C=N–C) groups is 1. The Balaban J connectivity index is 0.00000306. The molecule has 0 saturated carbocycles. The van der Waals surface area contributed by atoms with Crippen LogP contribution in [0.3, 0.4) is 0 Å². The first-order valence-corrected chi connectivity index (χ1v) is 11.7. The molecule has 2 fully saturated rings. The Morgan fingerprint density at radius 1 is 1.12 bits per heavy atom. The van der Waals surface area contributed by atoms with E-state index in [2.05, 4.69) is 63.4 Å². The van der Waals surface area contributed by atoms with Crippen LogP contribution in [0.15, 0.2) is 53.7 Å². The lowest BCUT2D eigenvalue weighted by atomic mass is 9.96. The molecule has 1 unspecified atom stereocenters. The van der Waals surface area contributed by atoms with Crippen LogP contribution < -0.4 is 16.0 Å². The summed E-state index contributed by atoms with van der Waals surface area (Å²) in [7, 11) is 0. The second-order valence-electron chi connectivity index (χ2n) is 8.66. The van der Waals surface area contributed by atoms with Crippen LogP contribution in [0.1, 0.15) is 43.2 Å². The van der Waals surface area contributed by atoms with Crippen LogP contribution in [-0.2, 0) is 11.3 Å². The van der Waals surface area contributed by atoms with E-state index in [0.29, 0.717) is 12.5 Å². The summed E-state index contributed by atoms with van der Waals surface area (Å²) in [4.78, 5) is 25.8. The van der Waals surface area contributed by atoms with Gasteiger partial charge in [0.2, 0.25) is 5.91 Å².